The number of hydrogen-bond donors (Lipinski definition) is 1. The van der Waals surface area contributed by atoms with Gasteiger partial charge < -0.3 is 10.0 Å². The molecular formula is C14H14ClNO. The maximum absolute atomic E-state index is 9.04. The first-order chi connectivity index (χ1) is 8.22. The molecule has 2 aromatic carbocycles. The lowest BCUT2D eigenvalue weighted by molar-refractivity contribution is 0.282. The predicted molar refractivity (Wildman–Crippen MR) is 71.9 cm³/mol. The van der Waals surface area contributed by atoms with Gasteiger partial charge >= 0.3 is 0 Å². The molecule has 0 heterocycles. The van der Waals surface area contributed by atoms with Crippen LogP contribution in [0.4, 0.5) is 11.4 Å². The summed E-state index contributed by atoms with van der Waals surface area (Å²) >= 11 is 6.20. The van der Waals surface area contributed by atoms with Crippen molar-refractivity contribution < 1.29 is 5.11 Å². The van der Waals surface area contributed by atoms with Gasteiger partial charge in [-0.05, 0) is 29.8 Å². The lowest BCUT2D eigenvalue weighted by Crippen LogP contribution is -2.09. The Morgan fingerprint density at radius 3 is 2.41 bits per heavy atom. The average molecular weight is 248 g/mol. The van der Waals surface area contributed by atoms with Gasteiger partial charge in [-0.1, -0.05) is 35.9 Å². The summed E-state index contributed by atoms with van der Waals surface area (Å²) in [6.07, 6.45) is 0. The van der Waals surface area contributed by atoms with E-state index >= 15 is 0 Å². The third-order valence-electron chi connectivity index (χ3n) is 2.70. The number of aliphatic hydroxyl groups excluding tert-OH is 1. The molecule has 2 rings (SSSR count). The molecule has 0 spiro atoms. The summed E-state index contributed by atoms with van der Waals surface area (Å²) in [5.41, 5.74) is 2.82. The zero-order chi connectivity index (χ0) is 12.3. The molecule has 0 radical (unpaired) electrons. The van der Waals surface area contributed by atoms with E-state index in [0.717, 1.165) is 16.9 Å². The maximum Gasteiger partial charge on any atom is 0.0682 e. The highest BCUT2D eigenvalue weighted by Crippen LogP contribution is 2.31. The van der Waals surface area contributed by atoms with E-state index in [0.29, 0.717) is 5.02 Å². The minimum Gasteiger partial charge on any atom is -0.392 e. The molecule has 88 valence electrons. The van der Waals surface area contributed by atoms with Crippen LogP contribution in [0.15, 0.2) is 48.5 Å². The van der Waals surface area contributed by atoms with E-state index in [9.17, 15) is 0 Å². The van der Waals surface area contributed by atoms with E-state index < -0.39 is 0 Å². The lowest BCUT2D eigenvalue weighted by Gasteiger charge is -2.21. The molecule has 0 amide bonds. The highest BCUT2D eigenvalue weighted by molar-refractivity contribution is 6.33. The Morgan fingerprint density at radius 1 is 1.12 bits per heavy atom. The molecule has 0 unspecified atom stereocenters. The van der Waals surface area contributed by atoms with Gasteiger partial charge in [0.2, 0.25) is 0 Å². The summed E-state index contributed by atoms with van der Waals surface area (Å²) < 4.78 is 0. The van der Waals surface area contributed by atoms with Crippen molar-refractivity contribution >= 4 is 23.0 Å². The van der Waals surface area contributed by atoms with Crippen molar-refractivity contribution in [1.82, 2.24) is 0 Å². The summed E-state index contributed by atoms with van der Waals surface area (Å²) in [5.74, 6) is 0. The van der Waals surface area contributed by atoms with Crippen LogP contribution in [-0.4, -0.2) is 12.2 Å². The van der Waals surface area contributed by atoms with E-state index in [1.165, 1.54) is 0 Å². The molecule has 0 aliphatic heterocycles. The Labute approximate surface area is 106 Å². The zero-order valence-corrected chi connectivity index (χ0v) is 10.4. The van der Waals surface area contributed by atoms with Gasteiger partial charge in [0.1, 0.15) is 0 Å². The van der Waals surface area contributed by atoms with E-state index in [1.54, 1.807) is 6.07 Å². The molecule has 2 nitrogen and oxygen atoms in total. The second kappa shape index (κ2) is 5.21. The molecule has 1 N–H and O–H groups in total. The van der Waals surface area contributed by atoms with Gasteiger partial charge in [-0.2, -0.15) is 0 Å². The molecule has 2 aromatic rings. The largest absolute Gasteiger partial charge is 0.392 e. The van der Waals surface area contributed by atoms with Crippen molar-refractivity contribution in [2.24, 2.45) is 0 Å². The minimum atomic E-state index is 0.00898. The first-order valence-electron chi connectivity index (χ1n) is 5.40. The standard InChI is InChI=1S/C14H14ClNO/c1-16(12-5-3-2-4-6-12)14-8-7-11(10-17)9-13(14)15/h2-9,17H,10H2,1H3. The van der Waals surface area contributed by atoms with Gasteiger partial charge in [-0.25, -0.2) is 0 Å². The zero-order valence-electron chi connectivity index (χ0n) is 9.60. The summed E-state index contributed by atoms with van der Waals surface area (Å²) in [6.45, 7) is 0.00898. The normalized spacial score (nSPS) is 10.3. The predicted octanol–water partition coefficient (Wildman–Crippen LogP) is 3.60. The van der Waals surface area contributed by atoms with Crippen LogP contribution in [0, 0.1) is 0 Å². The van der Waals surface area contributed by atoms with Gasteiger partial charge in [-0.15, -0.1) is 0 Å². The van der Waals surface area contributed by atoms with Crippen LogP contribution >= 0.6 is 11.6 Å². The number of para-hydroxylation sites is 1. The fourth-order valence-corrected chi connectivity index (χ4v) is 2.04. The van der Waals surface area contributed by atoms with Crippen molar-refractivity contribution in [3.8, 4) is 0 Å². The van der Waals surface area contributed by atoms with Crippen molar-refractivity contribution in [1.29, 1.82) is 0 Å². The second-order valence-corrected chi connectivity index (χ2v) is 4.25. The van der Waals surface area contributed by atoms with Gasteiger partial charge in [0.05, 0.1) is 17.3 Å². The van der Waals surface area contributed by atoms with Crippen molar-refractivity contribution in [2.45, 2.75) is 6.61 Å². The van der Waals surface area contributed by atoms with Crippen LogP contribution in [0.3, 0.4) is 0 Å². The highest BCUT2D eigenvalue weighted by Gasteiger charge is 2.08. The molecule has 0 fully saturated rings. The Hall–Kier alpha value is -1.51. The number of nitrogens with zero attached hydrogens (tertiary/aromatic N) is 1. The minimum absolute atomic E-state index is 0.00898. The van der Waals surface area contributed by atoms with Crippen LogP contribution in [-0.2, 0) is 6.61 Å². The summed E-state index contributed by atoms with van der Waals surface area (Å²) in [7, 11) is 1.97. The topological polar surface area (TPSA) is 23.5 Å². The Bertz CT molecular complexity index is 499. The highest BCUT2D eigenvalue weighted by atomic mass is 35.5. The van der Waals surface area contributed by atoms with E-state index in [4.69, 9.17) is 16.7 Å². The van der Waals surface area contributed by atoms with E-state index in [-0.39, 0.29) is 6.61 Å². The summed E-state index contributed by atoms with van der Waals surface area (Å²) in [6, 6.07) is 15.6. The number of aliphatic hydroxyl groups is 1. The lowest BCUT2D eigenvalue weighted by atomic mass is 10.2. The summed E-state index contributed by atoms with van der Waals surface area (Å²) in [4.78, 5) is 2.02. The van der Waals surface area contributed by atoms with Crippen LogP contribution in [0.2, 0.25) is 5.02 Å². The Morgan fingerprint density at radius 2 is 1.82 bits per heavy atom. The molecule has 0 bridgehead atoms. The molecule has 17 heavy (non-hydrogen) atoms. The monoisotopic (exact) mass is 247 g/mol. The van der Waals surface area contributed by atoms with E-state index in [1.807, 2.05) is 54.4 Å². The number of halogens is 1. The molecule has 0 aromatic heterocycles. The fourth-order valence-electron chi connectivity index (χ4n) is 1.71. The number of benzene rings is 2. The molecular weight excluding hydrogens is 234 g/mol. The SMILES string of the molecule is CN(c1ccccc1)c1ccc(CO)cc1Cl. The molecule has 0 saturated carbocycles. The molecule has 0 aliphatic carbocycles. The number of rotatable bonds is 3. The third-order valence-corrected chi connectivity index (χ3v) is 3.00. The van der Waals surface area contributed by atoms with Gasteiger partial charge in [-0.3, -0.25) is 0 Å². The number of hydrogen-bond acceptors (Lipinski definition) is 2. The average Bonchev–Trinajstić information content (AvgIpc) is 2.39. The first-order valence-corrected chi connectivity index (χ1v) is 5.78. The molecule has 0 saturated heterocycles. The summed E-state index contributed by atoms with van der Waals surface area (Å²) in [5, 5.41) is 9.68. The first kappa shape index (κ1) is 12.0. The van der Waals surface area contributed by atoms with E-state index in [2.05, 4.69) is 0 Å². The fraction of sp³-hybridized carbons (Fsp3) is 0.143. The maximum atomic E-state index is 9.04. The second-order valence-electron chi connectivity index (χ2n) is 3.84. The van der Waals surface area contributed by atoms with Crippen LogP contribution in [0.5, 0.6) is 0 Å². The van der Waals surface area contributed by atoms with Gasteiger partial charge in [0.15, 0.2) is 0 Å². The van der Waals surface area contributed by atoms with Crippen molar-refractivity contribution in [2.75, 3.05) is 11.9 Å². The molecule has 3 heteroatoms. The Kier molecular flexibility index (Phi) is 3.67. The quantitative estimate of drug-likeness (QED) is 0.896. The molecule has 0 aliphatic rings. The van der Waals surface area contributed by atoms with Crippen LogP contribution < -0.4 is 4.90 Å². The number of anilines is 2. The van der Waals surface area contributed by atoms with Crippen LogP contribution in [0.1, 0.15) is 5.56 Å². The van der Waals surface area contributed by atoms with Crippen molar-refractivity contribution in [3.63, 3.8) is 0 Å². The van der Waals surface area contributed by atoms with Crippen molar-refractivity contribution in [3.05, 3.63) is 59.1 Å². The van der Waals surface area contributed by atoms with Crippen LogP contribution in [0.25, 0.3) is 0 Å². The smallest absolute Gasteiger partial charge is 0.0682 e. The third kappa shape index (κ3) is 2.60. The van der Waals surface area contributed by atoms with Gasteiger partial charge in [0, 0.05) is 12.7 Å². The molecule has 0 atom stereocenters. The van der Waals surface area contributed by atoms with Gasteiger partial charge in [0.25, 0.3) is 0 Å². The Balaban J connectivity index is 2.34.